The molecule has 1 amide bonds. The largest absolute Gasteiger partial charge is 0.416 e. The number of amides is 1. The summed E-state index contributed by atoms with van der Waals surface area (Å²) in [4.78, 5) is 36.6. The summed E-state index contributed by atoms with van der Waals surface area (Å²) in [6, 6.07) is 16.7. The molecule has 43 heavy (non-hydrogen) atoms. The molecule has 0 unspecified atom stereocenters. The summed E-state index contributed by atoms with van der Waals surface area (Å²) in [6.07, 6.45) is 1.54. The second-order valence-corrected chi connectivity index (χ2v) is 10.4. The van der Waals surface area contributed by atoms with E-state index in [0.717, 1.165) is 47.7 Å². The molecule has 0 spiro atoms. The maximum absolute atomic E-state index is 13.1. The Bertz CT molecular complexity index is 1770. The van der Waals surface area contributed by atoms with E-state index in [4.69, 9.17) is 0 Å². The molecule has 0 radical (unpaired) electrons. The number of carbonyl (C=O) groups is 1. The molecule has 0 bridgehead atoms. The lowest BCUT2D eigenvalue weighted by Gasteiger charge is -2.32. The smallest absolute Gasteiger partial charge is 0.367 e. The van der Waals surface area contributed by atoms with Gasteiger partial charge in [-0.15, -0.1) is 0 Å². The Balaban J connectivity index is 1.07. The minimum Gasteiger partial charge on any atom is -0.367 e. The molecule has 5 aromatic rings. The summed E-state index contributed by atoms with van der Waals surface area (Å²) in [5.74, 6) is 1.03. The Morgan fingerprint density at radius 1 is 0.884 bits per heavy atom. The Morgan fingerprint density at radius 2 is 1.72 bits per heavy atom. The van der Waals surface area contributed by atoms with Crippen molar-refractivity contribution in [1.29, 1.82) is 0 Å². The van der Waals surface area contributed by atoms with Gasteiger partial charge in [-0.1, -0.05) is 0 Å². The van der Waals surface area contributed by atoms with Crippen LogP contribution in [0.15, 0.2) is 79.3 Å². The van der Waals surface area contributed by atoms with Crippen molar-refractivity contribution >= 4 is 34.4 Å². The Morgan fingerprint density at radius 3 is 2.49 bits per heavy atom. The maximum atomic E-state index is 13.1. The molecule has 6 rings (SSSR count). The number of aromatic nitrogens is 5. The fraction of sp³-hybridized carbons (Fsp3) is 0.226. The van der Waals surface area contributed by atoms with Gasteiger partial charge in [0.2, 0.25) is 0 Å². The lowest BCUT2D eigenvalue weighted by Crippen LogP contribution is -2.42. The summed E-state index contributed by atoms with van der Waals surface area (Å²) < 4.78 is 39.3. The van der Waals surface area contributed by atoms with Gasteiger partial charge in [0.25, 0.3) is 5.91 Å². The number of piperidine rings is 1. The van der Waals surface area contributed by atoms with Crippen LogP contribution in [0, 0.1) is 6.92 Å². The van der Waals surface area contributed by atoms with E-state index in [1.54, 1.807) is 24.5 Å². The van der Waals surface area contributed by atoms with Gasteiger partial charge in [-0.2, -0.15) is 13.2 Å². The first-order valence-electron chi connectivity index (χ1n) is 13.7. The van der Waals surface area contributed by atoms with Gasteiger partial charge in [0.15, 0.2) is 5.65 Å². The zero-order chi connectivity index (χ0) is 30.0. The quantitative estimate of drug-likeness (QED) is 0.241. The van der Waals surface area contributed by atoms with Gasteiger partial charge in [-0.05, 0) is 86.0 Å². The molecular weight excluding hydrogens is 557 g/mol. The summed E-state index contributed by atoms with van der Waals surface area (Å²) >= 11 is 0. The van der Waals surface area contributed by atoms with Crippen LogP contribution < -0.4 is 10.6 Å². The van der Waals surface area contributed by atoms with Crippen LogP contribution in [-0.4, -0.2) is 54.9 Å². The van der Waals surface area contributed by atoms with E-state index in [0.29, 0.717) is 41.8 Å². The normalized spacial score (nSPS) is 14.1. The molecule has 1 aliphatic rings. The van der Waals surface area contributed by atoms with E-state index < -0.39 is 11.7 Å². The number of hydrogen-bond acceptors (Lipinski definition) is 8. The van der Waals surface area contributed by atoms with Gasteiger partial charge in [-0.25, -0.2) is 24.9 Å². The number of alkyl halides is 3. The van der Waals surface area contributed by atoms with Crippen LogP contribution in [-0.2, 0) is 6.18 Å². The van der Waals surface area contributed by atoms with Gasteiger partial charge < -0.3 is 15.5 Å². The number of fused-ring (bicyclic) bond motifs is 1. The van der Waals surface area contributed by atoms with Crippen molar-refractivity contribution in [3.8, 4) is 11.3 Å². The lowest BCUT2D eigenvalue weighted by molar-refractivity contribution is -0.137. The van der Waals surface area contributed by atoms with Crippen LogP contribution in [0.4, 0.5) is 30.6 Å². The predicted molar refractivity (Wildman–Crippen MR) is 157 cm³/mol. The van der Waals surface area contributed by atoms with Crippen LogP contribution in [0.25, 0.3) is 22.3 Å². The number of likely N-dealkylation sites (tertiary alicyclic amines) is 1. The van der Waals surface area contributed by atoms with Crippen molar-refractivity contribution in [2.45, 2.75) is 32.0 Å². The summed E-state index contributed by atoms with van der Waals surface area (Å²) in [5.41, 5.74) is 2.41. The highest BCUT2D eigenvalue weighted by molar-refractivity contribution is 5.94. The molecule has 9 nitrogen and oxygen atoms in total. The van der Waals surface area contributed by atoms with E-state index in [9.17, 15) is 18.0 Å². The fourth-order valence-electron chi connectivity index (χ4n) is 4.99. The van der Waals surface area contributed by atoms with E-state index in [1.165, 1.54) is 0 Å². The van der Waals surface area contributed by atoms with Gasteiger partial charge in [0, 0.05) is 48.7 Å². The van der Waals surface area contributed by atoms with Crippen LogP contribution >= 0.6 is 0 Å². The van der Waals surface area contributed by atoms with Crippen molar-refractivity contribution in [2.24, 2.45) is 0 Å². The molecule has 12 heteroatoms. The second kappa shape index (κ2) is 11.6. The first-order chi connectivity index (χ1) is 20.7. The predicted octanol–water partition coefficient (Wildman–Crippen LogP) is 6.27. The molecular formula is C31H27F3N8O. The number of carbonyl (C=O) groups excluding carboxylic acids is 1. The molecule has 0 saturated carbocycles. The highest BCUT2D eigenvalue weighted by atomic mass is 19.4. The summed E-state index contributed by atoms with van der Waals surface area (Å²) in [6.45, 7) is 3.07. The van der Waals surface area contributed by atoms with Crippen molar-refractivity contribution < 1.29 is 18.0 Å². The number of hydrogen-bond donors (Lipinski definition) is 2. The number of halogens is 3. The maximum Gasteiger partial charge on any atom is 0.416 e. The third kappa shape index (κ3) is 6.53. The number of nitrogens with one attached hydrogen (secondary N) is 2. The minimum atomic E-state index is -4.46. The minimum absolute atomic E-state index is 0.0508. The van der Waals surface area contributed by atoms with Crippen molar-refractivity contribution in [3.05, 3.63) is 96.1 Å². The monoisotopic (exact) mass is 584 g/mol. The fourth-order valence-corrected chi connectivity index (χ4v) is 4.99. The number of rotatable bonds is 6. The molecule has 6 heterocycles. The van der Waals surface area contributed by atoms with Crippen molar-refractivity contribution in [2.75, 3.05) is 23.7 Å². The third-order valence-corrected chi connectivity index (χ3v) is 7.19. The lowest BCUT2D eigenvalue weighted by atomic mass is 10.0. The Labute approximate surface area is 245 Å². The molecule has 5 aromatic heterocycles. The first-order valence-corrected chi connectivity index (χ1v) is 13.7. The van der Waals surface area contributed by atoms with E-state index in [-0.39, 0.29) is 17.8 Å². The van der Waals surface area contributed by atoms with Gasteiger partial charge in [0.1, 0.15) is 23.1 Å². The molecule has 1 saturated heterocycles. The molecule has 0 atom stereocenters. The van der Waals surface area contributed by atoms with Crippen molar-refractivity contribution in [1.82, 2.24) is 29.8 Å². The molecule has 1 aliphatic heterocycles. The molecule has 2 N–H and O–H groups in total. The van der Waals surface area contributed by atoms with Crippen LogP contribution in [0.2, 0.25) is 0 Å². The average molecular weight is 585 g/mol. The second-order valence-electron chi connectivity index (χ2n) is 10.4. The van der Waals surface area contributed by atoms with Crippen LogP contribution in [0.5, 0.6) is 0 Å². The zero-order valence-corrected chi connectivity index (χ0v) is 23.1. The number of nitrogens with zero attached hydrogens (tertiary/aromatic N) is 6. The van der Waals surface area contributed by atoms with E-state index in [2.05, 4.69) is 35.6 Å². The SMILES string of the molecule is Cc1cc(Nc2cc(C(F)(F)F)ccn2)nc(-c2ccc(NC3CCN(C(=O)c4ccc5cccnc5n4)CC3)nc2)c1. The van der Waals surface area contributed by atoms with Crippen LogP contribution in [0.1, 0.15) is 34.5 Å². The van der Waals surface area contributed by atoms with Crippen molar-refractivity contribution in [3.63, 3.8) is 0 Å². The number of aryl methyl sites for hydroxylation is 1. The topological polar surface area (TPSA) is 109 Å². The van der Waals surface area contributed by atoms with Gasteiger partial charge in [0.05, 0.1) is 11.3 Å². The number of anilines is 3. The summed E-state index contributed by atoms with van der Waals surface area (Å²) in [5, 5.41) is 7.21. The average Bonchev–Trinajstić information content (AvgIpc) is 3.01. The van der Waals surface area contributed by atoms with Gasteiger partial charge in [-0.3, -0.25) is 4.79 Å². The highest BCUT2D eigenvalue weighted by Gasteiger charge is 2.31. The zero-order valence-electron chi connectivity index (χ0n) is 23.1. The molecule has 0 aliphatic carbocycles. The number of pyridine rings is 5. The van der Waals surface area contributed by atoms with E-state index in [1.807, 2.05) is 48.2 Å². The van der Waals surface area contributed by atoms with E-state index >= 15 is 0 Å². The Kier molecular flexibility index (Phi) is 7.58. The third-order valence-electron chi connectivity index (χ3n) is 7.19. The molecule has 218 valence electrons. The van der Waals surface area contributed by atoms with Crippen LogP contribution in [0.3, 0.4) is 0 Å². The molecule has 1 fully saturated rings. The standard InChI is InChI=1S/C31H27F3N8O/c1-19-15-25(39-28(16-19)41-27-17-22(8-12-35-27)31(32,33)34)21-5-7-26(37-18-21)38-23-9-13-42(14-10-23)30(43)24-6-4-20-3-2-11-36-29(20)40-24/h2-8,11-12,15-18,23H,9-10,13-14H2,1H3,(H,37,38)(H,35,39,41). The first kappa shape index (κ1) is 28.0. The van der Waals surface area contributed by atoms with Gasteiger partial charge >= 0.3 is 6.18 Å². The Hall–Kier alpha value is -5.13. The highest BCUT2D eigenvalue weighted by Crippen LogP contribution is 2.31. The molecule has 0 aromatic carbocycles. The summed E-state index contributed by atoms with van der Waals surface area (Å²) in [7, 11) is 0.